The van der Waals surface area contributed by atoms with Crippen LogP contribution >= 0.6 is 12.2 Å². The van der Waals surface area contributed by atoms with Crippen LogP contribution in [-0.2, 0) is 0 Å². The van der Waals surface area contributed by atoms with E-state index in [1.807, 2.05) is 31.3 Å². The Balaban J connectivity index is 1.59. The van der Waals surface area contributed by atoms with E-state index in [0.29, 0.717) is 12.6 Å². The fraction of sp³-hybridized carbons (Fsp3) is 0.429. The number of nitrogens with zero attached hydrogens (tertiary/aromatic N) is 3. The molecule has 0 spiro atoms. The average molecular weight is 475 g/mol. The number of aromatic nitrogens is 2. The Morgan fingerprint density at radius 2 is 1.82 bits per heavy atom. The number of pyridine rings is 1. The summed E-state index contributed by atoms with van der Waals surface area (Å²) < 4.78 is 8.26. The fourth-order valence-electron chi connectivity index (χ4n) is 5.82. The highest BCUT2D eigenvalue weighted by Gasteiger charge is 2.42. The minimum atomic E-state index is -0.0272. The van der Waals surface area contributed by atoms with Gasteiger partial charge in [-0.3, -0.25) is 4.98 Å². The van der Waals surface area contributed by atoms with Gasteiger partial charge in [0.25, 0.3) is 0 Å². The summed E-state index contributed by atoms with van der Waals surface area (Å²) in [5.41, 5.74) is 6.07. The lowest BCUT2D eigenvalue weighted by atomic mass is 9.94. The van der Waals surface area contributed by atoms with E-state index in [2.05, 4.69) is 59.0 Å². The first-order valence-electron chi connectivity index (χ1n) is 12.5. The van der Waals surface area contributed by atoms with E-state index in [0.717, 1.165) is 22.2 Å². The topological polar surface area (TPSA) is 42.3 Å². The lowest BCUT2D eigenvalue weighted by molar-refractivity contribution is 0.340. The fourth-order valence-corrected chi connectivity index (χ4v) is 6.17. The third-order valence-electron chi connectivity index (χ3n) is 7.31. The second-order valence-corrected chi connectivity index (χ2v) is 9.80. The van der Waals surface area contributed by atoms with Crippen molar-refractivity contribution in [2.45, 2.75) is 71.0 Å². The van der Waals surface area contributed by atoms with Crippen LogP contribution in [0.15, 0.2) is 54.7 Å². The van der Waals surface area contributed by atoms with Crippen molar-refractivity contribution >= 4 is 23.0 Å². The zero-order valence-corrected chi connectivity index (χ0v) is 21.1. The van der Waals surface area contributed by atoms with Gasteiger partial charge in [0.15, 0.2) is 5.11 Å². The van der Waals surface area contributed by atoms with Gasteiger partial charge in [-0.2, -0.15) is 0 Å². The van der Waals surface area contributed by atoms with Crippen molar-refractivity contribution < 1.29 is 4.74 Å². The van der Waals surface area contributed by atoms with Gasteiger partial charge in [-0.05, 0) is 93.9 Å². The molecule has 1 aromatic carbocycles. The molecule has 3 heterocycles. The number of benzene rings is 1. The van der Waals surface area contributed by atoms with Crippen molar-refractivity contribution in [3.05, 3.63) is 77.4 Å². The number of aryl methyl sites for hydroxylation is 1. The molecule has 2 aliphatic rings. The van der Waals surface area contributed by atoms with Crippen LogP contribution in [0.3, 0.4) is 0 Å². The van der Waals surface area contributed by atoms with Crippen molar-refractivity contribution in [2.24, 2.45) is 0 Å². The number of hydrogen-bond acceptors (Lipinski definition) is 3. The van der Waals surface area contributed by atoms with Crippen LogP contribution in [0.4, 0.5) is 5.69 Å². The monoisotopic (exact) mass is 474 g/mol. The SMILES string of the molecule is CCOc1ccc(N2C(=S)N[C@H](c3ccccn3)[C@H]2c2cc(C)n(C3CCCCC3)c2C)cc1. The molecular weight excluding hydrogens is 440 g/mol. The number of hydrogen-bond donors (Lipinski definition) is 1. The number of rotatable bonds is 6. The molecule has 0 radical (unpaired) electrons. The number of thiocarbonyl (C=S) groups is 1. The van der Waals surface area contributed by atoms with E-state index in [1.165, 1.54) is 49.1 Å². The van der Waals surface area contributed by atoms with E-state index >= 15 is 0 Å². The quantitative estimate of drug-likeness (QED) is 0.409. The van der Waals surface area contributed by atoms with E-state index in [4.69, 9.17) is 21.9 Å². The molecule has 2 aromatic heterocycles. The highest BCUT2D eigenvalue weighted by molar-refractivity contribution is 7.80. The second kappa shape index (κ2) is 9.79. The van der Waals surface area contributed by atoms with Gasteiger partial charge in [-0.15, -0.1) is 0 Å². The van der Waals surface area contributed by atoms with E-state index in [1.54, 1.807) is 0 Å². The molecule has 34 heavy (non-hydrogen) atoms. The summed E-state index contributed by atoms with van der Waals surface area (Å²) >= 11 is 5.92. The molecule has 0 amide bonds. The summed E-state index contributed by atoms with van der Waals surface area (Å²) in [4.78, 5) is 6.97. The Morgan fingerprint density at radius 1 is 1.06 bits per heavy atom. The van der Waals surface area contributed by atoms with E-state index in [9.17, 15) is 0 Å². The predicted octanol–water partition coefficient (Wildman–Crippen LogP) is 6.58. The van der Waals surface area contributed by atoms with Crippen molar-refractivity contribution in [1.29, 1.82) is 0 Å². The molecule has 0 bridgehead atoms. The van der Waals surface area contributed by atoms with Gasteiger partial charge in [0.05, 0.1) is 24.4 Å². The van der Waals surface area contributed by atoms with Crippen molar-refractivity contribution in [3.63, 3.8) is 0 Å². The molecule has 6 heteroatoms. The second-order valence-electron chi connectivity index (χ2n) is 9.41. The maximum Gasteiger partial charge on any atom is 0.174 e. The van der Waals surface area contributed by atoms with Gasteiger partial charge in [0.2, 0.25) is 0 Å². The van der Waals surface area contributed by atoms with Crippen molar-refractivity contribution in [2.75, 3.05) is 11.5 Å². The van der Waals surface area contributed by atoms with Crippen LogP contribution in [0.2, 0.25) is 0 Å². The minimum Gasteiger partial charge on any atom is -0.494 e. The molecular formula is C28H34N4OS. The van der Waals surface area contributed by atoms with E-state index < -0.39 is 0 Å². The van der Waals surface area contributed by atoms with Gasteiger partial charge >= 0.3 is 0 Å². The Morgan fingerprint density at radius 3 is 2.50 bits per heavy atom. The molecule has 2 atom stereocenters. The number of anilines is 1. The first-order valence-corrected chi connectivity index (χ1v) is 12.9. The van der Waals surface area contributed by atoms with Gasteiger partial charge in [-0.1, -0.05) is 25.3 Å². The van der Waals surface area contributed by atoms with Crippen molar-refractivity contribution in [3.8, 4) is 5.75 Å². The van der Waals surface area contributed by atoms with Gasteiger partial charge in [-0.25, -0.2) is 0 Å². The van der Waals surface area contributed by atoms with E-state index in [-0.39, 0.29) is 12.1 Å². The van der Waals surface area contributed by atoms with Gasteiger partial charge < -0.3 is 19.5 Å². The zero-order chi connectivity index (χ0) is 23.7. The number of ether oxygens (including phenoxy) is 1. The molecule has 1 saturated carbocycles. The first-order chi connectivity index (χ1) is 16.6. The Labute approximate surface area is 208 Å². The molecule has 2 fully saturated rings. The maximum atomic E-state index is 5.92. The average Bonchev–Trinajstić information content (AvgIpc) is 3.36. The van der Waals surface area contributed by atoms with Crippen LogP contribution in [0.1, 0.15) is 79.8 Å². The van der Waals surface area contributed by atoms with Gasteiger partial charge in [0.1, 0.15) is 5.75 Å². The predicted molar refractivity (Wildman–Crippen MR) is 142 cm³/mol. The van der Waals surface area contributed by atoms with Crippen LogP contribution in [0.5, 0.6) is 5.75 Å². The molecule has 178 valence electrons. The molecule has 1 aliphatic heterocycles. The highest BCUT2D eigenvalue weighted by Crippen LogP contribution is 2.44. The van der Waals surface area contributed by atoms with Crippen LogP contribution in [-0.4, -0.2) is 21.3 Å². The molecule has 1 N–H and O–H groups in total. The summed E-state index contributed by atoms with van der Waals surface area (Å²) in [7, 11) is 0. The van der Waals surface area contributed by atoms with Gasteiger partial charge in [0, 0.05) is 29.3 Å². The Kier molecular flexibility index (Phi) is 6.59. The third-order valence-corrected chi connectivity index (χ3v) is 7.62. The lowest BCUT2D eigenvalue weighted by Gasteiger charge is -2.30. The zero-order valence-electron chi connectivity index (χ0n) is 20.3. The summed E-state index contributed by atoms with van der Waals surface area (Å²) in [5, 5.41) is 4.33. The molecule has 1 aliphatic carbocycles. The lowest BCUT2D eigenvalue weighted by Crippen LogP contribution is -2.29. The third kappa shape index (κ3) is 4.20. The summed E-state index contributed by atoms with van der Waals surface area (Å²) in [6.07, 6.45) is 8.40. The molecule has 1 saturated heterocycles. The number of nitrogens with one attached hydrogen (secondary N) is 1. The van der Waals surface area contributed by atoms with Crippen LogP contribution in [0, 0.1) is 13.8 Å². The minimum absolute atomic E-state index is 0.0175. The summed E-state index contributed by atoms with van der Waals surface area (Å²) in [5.74, 6) is 0.873. The Bertz CT molecular complexity index is 1140. The van der Waals surface area contributed by atoms with Crippen molar-refractivity contribution in [1.82, 2.24) is 14.9 Å². The largest absolute Gasteiger partial charge is 0.494 e. The Hall–Kier alpha value is -2.86. The molecule has 3 aromatic rings. The molecule has 5 rings (SSSR count). The normalized spacial score (nSPS) is 21.0. The first kappa shape index (κ1) is 22.9. The molecule has 5 nitrogen and oxygen atoms in total. The summed E-state index contributed by atoms with van der Waals surface area (Å²) in [6.45, 7) is 7.19. The summed E-state index contributed by atoms with van der Waals surface area (Å²) in [6, 6.07) is 17.3. The standard InChI is InChI=1S/C28H34N4OS/c1-4-33-23-15-13-22(14-16-23)32-27(26(30-28(32)34)25-12-8-9-17-29-25)24-18-19(2)31(20(24)3)21-10-6-5-7-11-21/h8-9,12-18,21,26-27H,4-7,10-11H2,1-3H3,(H,30,34)/t26-,27-/m1/s1. The smallest absolute Gasteiger partial charge is 0.174 e. The van der Waals surface area contributed by atoms with Crippen LogP contribution in [0.25, 0.3) is 0 Å². The van der Waals surface area contributed by atoms with Crippen LogP contribution < -0.4 is 15.0 Å². The maximum absolute atomic E-state index is 5.92. The highest BCUT2D eigenvalue weighted by atomic mass is 32.1. The molecule has 0 unspecified atom stereocenters.